The van der Waals surface area contributed by atoms with Crippen molar-refractivity contribution >= 4 is 25.1 Å². The van der Waals surface area contributed by atoms with Crippen molar-refractivity contribution in [1.82, 2.24) is 0 Å². The Morgan fingerprint density at radius 1 is 1.40 bits per heavy atom. The molecule has 1 unspecified atom stereocenters. The van der Waals surface area contributed by atoms with Gasteiger partial charge in [0.1, 0.15) is 0 Å². The highest BCUT2D eigenvalue weighted by Crippen LogP contribution is 2.58. The molecule has 88 valence electrons. The van der Waals surface area contributed by atoms with Gasteiger partial charge in [-0.2, -0.15) is 0 Å². The van der Waals surface area contributed by atoms with Crippen molar-refractivity contribution in [3.8, 4) is 0 Å². The number of Topliss-reactive ketones (excluding diaryl/α,β-unsaturated/α-hetero) is 1. The molecule has 0 aromatic rings. The number of rotatable bonds is 5. The Hall–Kier alpha value is 0.170. The Labute approximate surface area is 94.6 Å². The van der Waals surface area contributed by atoms with Crippen LogP contribution < -0.4 is 0 Å². The molecule has 0 bridgehead atoms. The number of thioether (sulfide) groups is 1. The maximum absolute atomic E-state index is 12.3. The maximum Gasteiger partial charge on any atom is 0.350 e. The van der Waals surface area contributed by atoms with E-state index >= 15 is 0 Å². The van der Waals surface area contributed by atoms with Crippen LogP contribution >= 0.6 is 19.4 Å². The Kier molecular flexibility index (Phi) is 5.33. The number of hydrogen-bond acceptors (Lipinski definition) is 5. The molecule has 1 aliphatic rings. The van der Waals surface area contributed by atoms with Crippen LogP contribution in [0.3, 0.4) is 0 Å². The minimum Gasteiger partial charge on any atom is -0.308 e. The number of carbonyl (C=O) groups excluding carboxylic acids is 1. The molecular formula is C9H17O4PS. The molecule has 0 N–H and O–H groups in total. The topological polar surface area (TPSA) is 52.6 Å². The smallest absolute Gasteiger partial charge is 0.308 e. The summed E-state index contributed by atoms with van der Waals surface area (Å²) in [7, 11) is -3.24. The zero-order valence-electron chi connectivity index (χ0n) is 9.10. The minimum absolute atomic E-state index is 0.00326. The van der Waals surface area contributed by atoms with Crippen molar-refractivity contribution in [2.45, 2.75) is 31.7 Å². The molecule has 0 amide bonds. The van der Waals surface area contributed by atoms with Gasteiger partial charge in [-0.15, -0.1) is 11.8 Å². The molecule has 1 aliphatic heterocycles. The van der Waals surface area contributed by atoms with E-state index in [1.54, 1.807) is 13.8 Å². The Morgan fingerprint density at radius 3 is 2.47 bits per heavy atom. The van der Waals surface area contributed by atoms with Crippen LogP contribution in [0.5, 0.6) is 0 Å². The van der Waals surface area contributed by atoms with Crippen molar-refractivity contribution < 1.29 is 18.4 Å². The van der Waals surface area contributed by atoms with E-state index in [0.717, 1.165) is 12.2 Å². The molecule has 0 aromatic heterocycles. The van der Waals surface area contributed by atoms with Crippen LogP contribution in [0.4, 0.5) is 0 Å². The summed E-state index contributed by atoms with van der Waals surface area (Å²) < 4.78 is 22.6. The van der Waals surface area contributed by atoms with Crippen LogP contribution in [0.2, 0.25) is 0 Å². The summed E-state index contributed by atoms with van der Waals surface area (Å²) in [6, 6.07) is 0. The molecule has 0 aliphatic carbocycles. The first-order valence-electron chi connectivity index (χ1n) is 5.17. The van der Waals surface area contributed by atoms with Gasteiger partial charge in [-0.05, 0) is 26.0 Å². The lowest BCUT2D eigenvalue weighted by molar-refractivity contribution is -0.117. The molecule has 0 spiro atoms. The first-order valence-corrected chi connectivity index (χ1v) is 7.83. The first kappa shape index (κ1) is 13.2. The van der Waals surface area contributed by atoms with Gasteiger partial charge < -0.3 is 9.05 Å². The molecule has 0 saturated carbocycles. The number of hydrogen-bond donors (Lipinski definition) is 0. The number of carbonyl (C=O) groups is 1. The summed E-state index contributed by atoms with van der Waals surface area (Å²) in [5, 5.41) is 0. The molecule has 0 radical (unpaired) electrons. The molecule has 15 heavy (non-hydrogen) atoms. The van der Waals surface area contributed by atoms with Gasteiger partial charge in [-0.25, -0.2) is 0 Å². The number of ketones is 1. The second-order valence-electron chi connectivity index (χ2n) is 3.17. The average Bonchev–Trinajstić information content (AvgIpc) is 2.19. The quantitative estimate of drug-likeness (QED) is 0.704. The summed E-state index contributed by atoms with van der Waals surface area (Å²) >= 11 is 1.40. The van der Waals surface area contributed by atoms with Gasteiger partial charge >= 0.3 is 7.60 Å². The molecular weight excluding hydrogens is 235 g/mol. The summed E-state index contributed by atoms with van der Waals surface area (Å²) in [6.07, 6.45) is 1.35. The third-order valence-corrected chi connectivity index (χ3v) is 6.45. The lowest BCUT2D eigenvalue weighted by Gasteiger charge is -2.27. The first-order chi connectivity index (χ1) is 7.14. The van der Waals surface area contributed by atoms with Gasteiger partial charge in [-0.3, -0.25) is 9.36 Å². The molecule has 1 rings (SSSR count). The molecule has 4 nitrogen and oxygen atoms in total. The molecule has 1 heterocycles. The summed E-state index contributed by atoms with van der Waals surface area (Å²) in [5.74, 6) is 0.845. The fourth-order valence-corrected chi connectivity index (χ4v) is 5.25. The summed E-state index contributed by atoms with van der Waals surface area (Å²) in [5.41, 5.74) is 0. The van der Waals surface area contributed by atoms with Crippen molar-refractivity contribution in [2.24, 2.45) is 0 Å². The van der Waals surface area contributed by atoms with Crippen LogP contribution in [0.25, 0.3) is 0 Å². The predicted molar refractivity (Wildman–Crippen MR) is 61.3 cm³/mol. The molecule has 1 fully saturated rings. The lowest BCUT2D eigenvalue weighted by atomic mass is 10.2. The van der Waals surface area contributed by atoms with E-state index < -0.39 is 12.6 Å². The fraction of sp³-hybridized carbons (Fsp3) is 0.889. The standard InChI is InChI=1S/C9H17O4PS/c1-3-12-14(11,13-4-2)9-8(10)6-5-7-15-9/h9H,3-7H2,1-2H3. The van der Waals surface area contributed by atoms with Crippen molar-refractivity contribution in [3.05, 3.63) is 0 Å². The van der Waals surface area contributed by atoms with Gasteiger partial charge in [0.2, 0.25) is 0 Å². The van der Waals surface area contributed by atoms with Crippen LogP contribution in [0.1, 0.15) is 26.7 Å². The van der Waals surface area contributed by atoms with E-state index in [-0.39, 0.29) is 5.78 Å². The van der Waals surface area contributed by atoms with E-state index in [2.05, 4.69) is 0 Å². The van der Waals surface area contributed by atoms with Crippen LogP contribution in [0.15, 0.2) is 0 Å². The summed E-state index contributed by atoms with van der Waals surface area (Å²) in [6.45, 7) is 4.12. The van der Waals surface area contributed by atoms with Crippen LogP contribution in [0, 0.1) is 0 Å². The Bertz CT molecular complexity index is 259. The van der Waals surface area contributed by atoms with Crippen molar-refractivity contribution in [2.75, 3.05) is 19.0 Å². The van der Waals surface area contributed by atoms with Crippen molar-refractivity contribution in [3.63, 3.8) is 0 Å². The zero-order chi connectivity index (χ0) is 11.3. The molecule has 1 saturated heterocycles. The molecule has 0 aromatic carbocycles. The second kappa shape index (κ2) is 6.04. The van der Waals surface area contributed by atoms with E-state index in [4.69, 9.17) is 9.05 Å². The van der Waals surface area contributed by atoms with Gasteiger partial charge in [0.05, 0.1) is 13.2 Å². The van der Waals surface area contributed by atoms with Gasteiger partial charge in [0.15, 0.2) is 10.8 Å². The lowest BCUT2D eigenvalue weighted by Crippen LogP contribution is -2.24. The second-order valence-corrected chi connectivity index (χ2v) is 6.84. The minimum atomic E-state index is -3.24. The van der Waals surface area contributed by atoms with E-state index in [1.165, 1.54) is 11.8 Å². The highest BCUT2D eigenvalue weighted by Gasteiger charge is 2.42. The monoisotopic (exact) mass is 252 g/mol. The largest absolute Gasteiger partial charge is 0.350 e. The third-order valence-electron chi connectivity index (χ3n) is 2.02. The highest BCUT2D eigenvalue weighted by molar-refractivity contribution is 8.06. The summed E-state index contributed by atoms with van der Waals surface area (Å²) in [4.78, 5) is 11.0. The van der Waals surface area contributed by atoms with Gasteiger partial charge in [-0.1, -0.05) is 0 Å². The van der Waals surface area contributed by atoms with Gasteiger partial charge in [0, 0.05) is 6.42 Å². The Balaban J connectivity index is 2.77. The molecule has 6 heteroatoms. The van der Waals surface area contributed by atoms with Crippen LogP contribution in [-0.4, -0.2) is 29.7 Å². The zero-order valence-corrected chi connectivity index (χ0v) is 10.8. The SMILES string of the molecule is CCOP(=O)(OCC)C1SCCCC1=O. The van der Waals surface area contributed by atoms with E-state index in [0.29, 0.717) is 19.6 Å². The third kappa shape index (κ3) is 3.31. The van der Waals surface area contributed by atoms with E-state index in [9.17, 15) is 9.36 Å². The maximum atomic E-state index is 12.3. The van der Waals surface area contributed by atoms with Crippen molar-refractivity contribution in [1.29, 1.82) is 0 Å². The normalized spacial score (nSPS) is 23.1. The van der Waals surface area contributed by atoms with Gasteiger partial charge in [0.25, 0.3) is 0 Å². The fourth-order valence-electron chi connectivity index (χ4n) is 1.46. The van der Waals surface area contributed by atoms with E-state index in [1.807, 2.05) is 0 Å². The predicted octanol–water partition coefficient (Wildman–Crippen LogP) is 2.67. The highest BCUT2D eigenvalue weighted by atomic mass is 32.2. The average molecular weight is 252 g/mol. The van der Waals surface area contributed by atoms with Crippen LogP contribution in [-0.2, 0) is 18.4 Å². The Morgan fingerprint density at radius 2 is 2.00 bits per heavy atom. The molecule has 1 atom stereocenters.